The van der Waals surface area contributed by atoms with E-state index >= 15 is 0 Å². The summed E-state index contributed by atoms with van der Waals surface area (Å²) < 4.78 is 23.5. The van der Waals surface area contributed by atoms with Gasteiger partial charge in [-0.15, -0.1) is 0 Å². The summed E-state index contributed by atoms with van der Waals surface area (Å²) in [4.78, 5) is 27.7. The molecule has 1 atom stereocenters. The quantitative estimate of drug-likeness (QED) is 0.614. The molecule has 0 aliphatic carbocycles. The van der Waals surface area contributed by atoms with Gasteiger partial charge in [-0.25, -0.2) is 9.18 Å². The number of aromatic amines is 1. The standard InChI is InChI=1S/C21H21FN2O4/c1-27-19-8-7-13(9-16(19)22)10-20(25)24-18(21(26)28-2)11-14-12-23-17-6-4-3-5-15(14)17/h3-9,12,18,23H,10-11H2,1-2H3,(H,24,25)/t18-/m1/s1. The second kappa shape index (κ2) is 8.56. The van der Waals surface area contributed by atoms with E-state index in [1.54, 1.807) is 6.07 Å². The molecule has 0 aliphatic heterocycles. The van der Waals surface area contributed by atoms with Crippen LogP contribution in [0.25, 0.3) is 10.9 Å². The lowest BCUT2D eigenvalue weighted by molar-refractivity contribution is -0.145. The molecule has 28 heavy (non-hydrogen) atoms. The molecule has 0 aliphatic rings. The van der Waals surface area contributed by atoms with Gasteiger partial charge in [0.05, 0.1) is 20.6 Å². The van der Waals surface area contributed by atoms with Gasteiger partial charge in [-0.05, 0) is 29.3 Å². The van der Waals surface area contributed by atoms with E-state index in [0.29, 0.717) is 5.56 Å². The predicted octanol–water partition coefficient (Wildman–Crippen LogP) is 2.76. The smallest absolute Gasteiger partial charge is 0.328 e. The number of benzene rings is 2. The minimum Gasteiger partial charge on any atom is -0.494 e. The summed E-state index contributed by atoms with van der Waals surface area (Å²) in [6.07, 6.45) is 2.02. The molecule has 2 aromatic carbocycles. The number of para-hydroxylation sites is 1. The van der Waals surface area contributed by atoms with E-state index in [2.05, 4.69) is 10.3 Å². The zero-order chi connectivity index (χ0) is 20.1. The van der Waals surface area contributed by atoms with Crippen molar-refractivity contribution < 1.29 is 23.5 Å². The summed E-state index contributed by atoms with van der Waals surface area (Å²) >= 11 is 0. The lowest BCUT2D eigenvalue weighted by Gasteiger charge is -2.16. The average molecular weight is 384 g/mol. The van der Waals surface area contributed by atoms with Crippen LogP contribution in [0.5, 0.6) is 5.75 Å². The number of esters is 1. The molecule has 146 valence electrons. The van der Waals surface area contributed by atoms with Crippen LogP contribution in [0.4, 0.5) is 4.39 Å². The molecule has 3 rings (SSSR count). The fourth-order valence-electron chi connectivity index (χ4n) is 3.11. The molecule has 1 aromatic heterocycles. The molecule has 0 radical (unpaired) electrons. The summed E-state index contributed by atoms with van der Waals surface area (Å²) in [5, 5.41) is 3.66. The second-order valence-corrected chi connectivity index (χ2v) is 6.35. The first-order valence-corrected chi connectivity index (χ1v) is 8.76. The fraction of sp³-hybridized carbons (Fsp3) is 0.238. The average Bonchev–Trinajstić information content (AvgIpc) is 3.10. The fourth-order valence-corrected chi connectivity index (χ4v) is 3.11. The zero-order valence-corrected chi connectivity index (χ0v) is 15.6. The number of halogens is 1. The molecule has 6 nitrogen and oxygen atoms in total. The third kappa shape index (κ3) is 4.31. The largest absolute Gasteiger partial charge is 0.494 e. The molecule has 0 fully saturated rings. The maximum absolute atomic E-state index is 13.8. The number of fused-ring (bicyclic) bond motifs is 1. The Hall–Kier alpha value is -3.35. The number of nitrogens with one attached hydrogen (secondary N) is 2. The molecule has 1 heterocycles. The molecule has 1 amide bonds. The monoisotopic (exact) mass is 384 g/mol. The summed E-state index contributed by atoms with van der Waals surface area (Å²) in [7, 11) is 2.64. The SMILES string of the molecule is COC(=O)[C@@H](Cc1c[nH]c2ccccc12)NC(=O)Cc1ccc(OC)c(F)c1. The van der Waals surface area contributed by atoms with Crippen LogP contribution in [0.15, 0.2) is 48.7 Å². The van der Waals surface area contributed by atoms with Gasteiger partial charge >= 0.3 is 5.97 Å². The number of amides is 1. The lowest BCUT2D eigenvalue weighted by Crippen LogP contribution is -2.43. The third-order valence-electron chi connectivity index (χ3n) is 4.50. The molecule has 0 unspecified atom stereocenters. The first-order chi connectivity index (χ1) is 13.5. The van der Waals surface area contributed by atoms with Gasteiger partial charge in [0.25, 0.3) is 0 Å². The van der Waals surface area contributed by atoms with Crippen molar-refractivity contribution in [3.63, 3.8) is 0 Å². The highest BCUT2D eigenvalue weighted by Crippen LogP contribution is 2.20. The van der Waals surface area contributed by atoms with Gasteiger partial charge < -0.3 is 19.8 Å². The topological polar surface area (TPSA) is 80.4 Å². The zero-order valence-electron chi connectivity index (χ0n) is 15.6. The Morgan fingerprint density at radius 3 is 2.68 bits per heavy atom. The third-order valence-corrected chi connectivity index (χ3v) is 4.50. The van der Waals surface area contributed by atoms with Gasteiger partial charge in [-0.3, -0.25) is 4.79 Å². The molecule has 2 N–H and O–H groups in total. The molecule has 0 spiro atoms. The number of carbonyl (C=O) groups is 2. The van der Waals surface area contributed by atoms with Crippen molar-refractivity contribution in [2.45, 2.75) is 18.9 Å². The van der Waals surface area contributed by atoms with Gasteiger partial charge in [0.1, 0.15) is 6.04 Å². The van der Waals surface area contributed by atoms with E-state index in [1.807, 2.05) is 30.5 Å². The van der Waals surface area contributed by atoms with Crippen LogP contribution < -0.4 is 10.1 Å². The van der Waals surface area contributed by atoms with Crippen molar-refractivity contribution in [1.82, 2.24) is 10.3 Å². The number of methoxy groups -OCH3 is 2. The van der Waals surface area contributed by atoms with E-state index in [4.69, 9.17) is 9.47 Å². The van der Waals surface area contributed by atoms with Crippen LogP contribution in [-0.4, -0.2) is 37.1 Å². The van der Waals surface area contributed by atoms with E-state index in [9.17, 15) is 14.0 Å². The lowest BCUT2D eigenvalue weighted by atomic mass is 10.0. The molecule has 7 heteroatoms. The van der Waals surface area contributed by atoms with Crippen molar-refractivity contribution in [2.24, 2.45) is 0 Å². The van der Waals surface area contributed by atoms with Crippen LogP contribution in [-0.2, 0) is 27.2 Å². The van der Waals surface area contributed by atoms with Crippen molar-refractivity contribution in [3.05, 3.63) is 65.6 Å². The van der Waals surface area contributed by atoms with Crippen molar-refractivity contribution in [1.29, 1.82) is 0 Å². The normalized spacial score (nSPS) is 11.8. The van der Waals surface area contributed by atoms with Crippen LogP contribution in [0.3, 0.4) is 0 Å². The van der Waals surface area contributed by atoms with Crippen LogP contribution in [0.1, 0.15) is 11.1 Å². The van der Waals surface area contributed by atoms with Gasteiger partial charge in [0.2, 0.25) is 5.91 Å². The van der Waals surface area contributed by atoms with Gasteiger partial charge in [-0.2, -0.15) is 0 Å². The van der Waals surface area contributed by atoms with Gasteiger partial charge in [0.15, 0.2) is 11.6 Å². The highest BCUT2D eigenvalue weighted by Gasteiger charge is 2.23. The maximum Gasteiger partial charge on any atom is 0.328 e. The minimum absolute atomic E-state index is 0.0672. The predicted molar refractivity (Wildman–Crippen MR) is 103 cm³/mol. The maximum atomic E-state index is 13.8. The van der Waals surface area contributed by atoms with E-state index in [0.717, 1.165) is 16.5 Å². The summed E-state index contributed by atoms with van der Waals surface area (Å²) in [6.45, 7) is 0. The molecule has 3 aromatic rings. The second-order valence-electron chi connectivity index (χ2n) is 6.35. The van der Waals surface area contributed by atoms with E-state index in [-0.39, 0.29) is 18.6 Å². The Bertz CT molecular complexity index is 999. The highest BCUT2D eigenvalue weighted by atomic mass is 19.1. The Morgan fingerprint density at radius 1 is 1.18 bits per heavy atom. The molecule has 0 bridgehead atoms. The molecular weight excluding hydrogens is 363 g/mol. The van der Waals surface area contributed by atoms with E-state index in [1.165, 1.54) is 26.4 Å². The molecule has 0 saturated heterocycles. The Morgan fingerprint density at radius 2 is 1.96 bits per heavy atom. The van der Waals surface area contributed by atoms with Crippen LogP contribution >= 0.6 is 0 Å². The van der Waals surface area contributed by atoms with Crippen molar-refractivity contribution >= 4 is 22.8 Å². The highest BCUT2D eigenvalue weighted by molar-refractivity contribution is 5.88. The number of H-pyrrole nitrogens is 1. The molecular formula is C21H21FN2O4. The number of carbonyl (C=O) groups excluding carboxylic acids is 2. The Balaban J connectivity index is 1.72. The Kier molecular flexibility index (Phi) is 5.93. The van der Waals surface area contributed by atoms with Gasteiger partial charge in [0, 0.05) is 23.5 Å². The van der Waals surface area contributed by atoms with Crippen LogP contribution in [0.2, 0.25) is 0 Å². The number of aromatic nitrogens is 1. The summed E-state index contributed by atoms with van der Waals surface area (Å²) in [5.74, 6) is -1.38. The summed E-state index contributed by atoms with van der Waals surface area (Å²) in [5.41, 5.74) is 2.31. The van der Waals surface area contributed by atoms with Crippen LogP contribution in [0, 0.1) is 5.82 Å². The van der Waals surface area contributed by atoms with Gasteiger partial charge in [-0.1, -0.05) is 24.3 Å². The van der Waals surface area contributed by atoms with Crippen molar-refractivity contribution in [2.75, 3.05) is 14.2 Å². The van der Waals surface area contributed by atoms with E-state index < -0.39 is 23.7 Å². The first kappa shape index (κ1) is 19.4. The number of hydrogen-bond donors (Lipinski definition) is 2. The first-order valence-electron chi connectivity index (χ1n) is 8.76. The number of ether oxygens (including phenoxy) is 2. The summed E-state index contributed by atoms with van der Waals surface area (Å²) in [6, 6.07) is 11.2. The Labute approximate surface area is 161 Å². The molecule has 0 saturated carbocycles. The number of hydrogen-bond acceptors (Lipinski definition) is 4. The minimum atomic E-state index is -0.847. The van der Waals surface area contributed by atoms with Crippen molar-refractivity contribution in [3.8, 4) is 5.75 Å². The number of rotatable bonds is 7.